The number of aromatic nitrogens is 1. The van der Waals surface area contributed by atoms with Crippen molar-refractivity contribution in [2.75, 3.05) is 0 Å². The lowest BCUT2D eigenvalue weighted by Gasteiger charge is -2.18. The Labute approximate surface area is 194 Å². The van der Waals surface area contributed by atoms with Gasteiger partial charge in [-0.15, -0.1) is 13.2 Å². The second kappa shape index (κ2) is 9.05. The molecule has 1 N–H and O–H groups in total. The molecule has 32 heavy (non-hydrogen) atoms. The molecule has 3 rings (SSSR count). The Bertz CT molecular complexity index is 1270. The van der Waals surface area contributed by atoms with E-state index in [-0.39, 0.29) is 38.4 Å². The van der Waals surface area contributed by atoms with E-state index in [1.165, 1.54) is 29.0 Å². The molecule has 0 atom stereocenters. The van der Waals surface area contributed by atoms with Crippen molar-refractivity contribution in [1.29, 1.82) is 0 Å². The molecule has 11 heteroatoms. The SMILES string of the molecule is CCn1cc(-c2cc(OC(F)(F)F)ccc2Cl)c(=O)c(C(=O)O)c1-c1ccc(Cl)c(Cl)c1. The Hall–Kier alpha value is -2.68. The van der Waals surface area contributed by atoms with Crippen molar-refractivity contribution in [3.05, 3.63) is 73.4 Å². The van der Waals surface area contributed by atoms with Crippen molar-refractivity contribution >= 4 is 40.8 Å². The second-order valence-corrected chi connectivity index (χ2v) is 7.73. The number of ether oxygens (including phenoxy) is 1. The van der Waals surface area contributed by atoms with Crippen molar-refractivity contribution in [3.63, 3.8) is 0 Å². The van der Waals surface area contributed by atoms with Crippen LogP contribution in [0.2, 0.25) is 15.1 Å². The molecule has 5 nitrogen and oxygen atoms in total. The van der Waals surface area contributed by atoms with E-state index in [2.05, 4.69) is 4.74 Å². The molecule has 2 aromatic carbocycles. The molecular formula is C21H13Cl3F3NO4. The predicted octanol–water partition coefficient (Wildman–Crippen LogP) is 6.76. The Morgan fingerprint density at radius 1 is 1.03 bits per heavy atom. The van der Waals surface area contributed by atoms with Gasteiger partial charge in [-0.1, -0.05) is 40.9 Å². The van der Waals surface area contributed by atoms with Crippen LogP contribution in [0, 0.1) is 0 Å². The van der Waals surface area contributed by atoms with Crippen LogP contribution in [0.5, 0.6) is 5.75 Å². The molecule has 168 valence electrons. The number of alkyl halides is 3. The monoisotopic (exact) mass is 505 g/mol. The molecule has 0 aliphatic carbocycles. The van der Waals surface area contributed by atoms with E-state index in [1.807, 2.05) is 0 Å². The molecule has 0 aliphatic rings. The first-order chi connectivity index (χ1) is 14.9. The van der Waals surface area contributed by atoms with Gasteiger partial charge in [0.25, 0.3) is 0 Å². The molecule has 0 saturated carbocycles. The summed E-state index contributed by atoms with van der Waals surface area (Å²) >= 11 is 18.1. The lowest BCUT2D eigenvalue weighted by molar-refractivity contribution is -0.274. The topological polar surface area (TPSA) is 68.5 Å². The van der Waals surface area contributed by atoms with Crippen molar-refractivity contribution in [3.8, 4) is 28.1 Å². The lowest BCUT2D eigenvalue weighted by Crippen LogP contribution is -2.23. The molecule has 3 aromatic rings. The Morgan fingerprint density at radius 2 is 1.69 bits per heavy atom. The molecule has 0 unspecified atom stereocenters. The number of aromatic carboxylic acids is 1. The van der Waals surface area contributed by atoms with Gasteiger partial charge in [-0.2, -0.15) is 0 Å². The Balaban J connectivity index is 2.32. The molecule has 0 fully saturated rings. The molecular weight excluding hydrogens is 494 g/mol. The van der Waals surface area contributed by atoms with Gasteiger partial charge in [0.15, 0.2) is 0 Å². The number of hydrogen-bond donors (Lipinski definition) is 1. The van der Waals surface area contributed by atoms with E-state index in [0.29, 0.717) is 5.56 Å². The number of hydrogen-bond acceptors (Lipinski definition) is 3. The summed E-state index contributed by atoms with van der Waals surface area (Å²) in [6.45, 7) is 1.92. The number of carboxylic acid groups (broad SMARTS) is 1. The van der Waals surface area contributed by atoms with Crippen LogP contribution < -0.4 is 10.2 Å². The first-order valence-electron chi connectivity index (χ1n) is 8.94. The van der Waals surface area contributed by atoms with Gasteiger partial charge >= 0.3 is 12.3 Å². The highest BCUT2D eigenvalue weighted by Crippen LogP contribution is 2.35. The highest BCUT2D eigenvalue weighted by molar-refractivity contribution is 6.42. The fourth-order valence-corrected chi connectivity index (χ4v) is 3.68. The standard InChI is InChI=1S/C21H13Cl3F3NO4/c1-2-28-9-13(12-8-11(4-6-14(12)22)32-21(25,26)27)19(29)17(20(30)31)18(28)10-3-5-15(23)16(24)7-10/h3-9H,2H2,1H3,(H,30,31). The summed E-state index contributed by atoms with van der Waals surface area (Å²) in [4.78, 5) is 25.3. The molecule has 0 amide bonds. The molecule has 0 saturated heterocycles. The van der Waals surface area contributed by atoms with Crippen LogP contribution in [-0.4, -0.2) is 22.0 Å². The van der Waals surface area contributed by atoms with Gasteiger partial charge in [0.2, 0.25) is 5.43 Å². The van der Waals surface area contributed by atoms with Crippen molar-refractivity contribution < 1.29 is 27.8 Å². The van der Waals surface area contributed by atoms with Crippen LogP contribution in [-0.2, 0) is 6.54 Å². The average Bonchev–Trinajstić information content (AvgIpc) is 2.70. The van der Waals surface area contributed by atoms with Crippen molar-refractivity contribution in [1.82, 2.24) is 4.57 Å². The van der Waals surface area contributed by atoms with Crippen molar-refractivity contribution in [2.45, 2.75) is 19.8 Å². The first-order valence-corrected chi connectivity index (χ1v) is 10.1. The number of carboxylic acids is 1. The summed E-state index contributed by atoms with van der Waals surface area (Å²) < 4.78 is 43.2. The highest BCUT2D eigenvalue weighted by Gasteiger charge is 2.31. The van der Waals surface area contributed by atoms with Crippen LogP contribution in [0.4, 0.5) is 13.2 Å². The third-order valence-corrected chi connectivity index (χ3v) is 5.56. The lowest BCUT2D eigenvalue weighted by atomic mass is 9.99. The van der Waals surface area contributed by atoms with E-state index in [0.717, 1.165) is 18.2 Å². The number of pyridine rings is 1. The Kier molecular flexibility index (Phi) is 6.78. The highest BCUT2D eigenvalue weighted by atomic mass is 35.5. The zero-order valence-electron chi connectivity index (χ0n) is 16.1. The molecule has 0 spiro atoms. The first kappa shape index (κ1) is 24.0. The molecule has 1 aromatic heterocycles. The maximum absolute atomic E-state index is 13.2. The molecule has 0 radical (unpaired) electrons. The van der Waals surface area contributed by atoms with Gasteiger partial charge in [0.05, 0.1) is 15.7 Å². The minimum atomic E-state index is -4.96. The number of carbonyl (C=O) groups is 1. The van der Waals surface area contributed by atoms with E-state index >= 15 is 0 Å². The summed E-state index contributed by atoms with van der Waals surface area (Å²) in [5.74, 6) is -2.14. The summed E-state index contributed by atoms with van der Waals surface area (Å²) in [6.07, 6.45) is -3.64. The minimum absolute atomic E-state index is 0.0575. The van der Waals surface area contributed by atoms with E-state index < -0.39 is 29.1 Å². The van der Waals surface area contributed by atoms with Gasteiger partial charge < -0.3 is 14.4 Å². The van der Waals surface area contributed by atoms with Gasteiger partial charge in [-0.3, -0.25) is 4.79 Å². The fourth-order valence-electron chi connectivity index (χ4n) is 3.17. The number of benzene rings is 2. The maximum Gasteiger partial charge on any atom is 0.573 e. The average molecular weight is 507 g/mol. The summed E-state index contributed by atoms with van der Waals surface area (Å²) in [7, 11) is 0. The normalized spacial score (nSPS) is 11.5. The number of rotatable bonds is 5. The predicted molar refractivity (Wildman–Crippen MR) is 116 cm³/mol. The Morgan fingerprint density at radius 3 is 2.25 bits per heavy atom. The fraction of sp³-hybridized carbons (Fsp3) is 0.143. The summed E-state index contributed by atoms with van der Waals surface area (Å²) in [5, 5.41) is 10.2. The third kappa shape index (κ3) is 4.87. The van der Waals surface area contributed by atoms with Gasteiger partial charge in [-0.05, 0) is 37.3 Å². The third-order valence-electron chi connectivity index (χ3n) is 4.49. The van der Waals surface area contributed by atoms with Gasteiger partial charge in [0.1, 0.15) is 11.3 Å². The van der Waals surface area contributed by atoms with E-state index in [9.17, 15) is 27.9 Å². The quantitative estimate of drug-likeness (QED) is 0.415. The van der Waals surface area contributed by atoms with Crippen LogP contribution in [0.15, 0.2) is 47.4 Å². The van der Waals surface area contributed by atoms with E-state index in [4.69, 9.17) is 34.8 Å². The number of nitrogens with zero attached hydrogens (tertiary/aromatic N) is 1. The van der Waals surface area contributed by atoms with Gasteiger partial charge in [0, 0.05) is 34.5 Å². The molecule has 1 heterocycles. The molecule has 0 bridgehead atoms. The van der Waals surface area contributed by atoms with E-state index in [1.54, 1.807) is 6.92 Å². The summed E-state index contributed by atoms with van der Waals surface area (Å²) in [6, 6.07) is 7.42. The zero-order valence-corrected chi connectivity index (χ0v) is 18.4. The number of halogens is 6. The smallest absolute Gasteiger partial charge is 0.477 e. The maximum atomic E-state index is 13.2. The van der Waals surface area contributed by atoms with Crippen LogP contribution in [0.3, 0.4) is 0 Å². The van der Waals surface area contributed by atoms with Crippen LogP contribution in [0.25, 0.3) is 22.4 Å². The van der Waals surface area contributed by atoms with Crippen LogP contribution in [0.1, 0.15) is 17.3 Å². The zero-order chi connectivity index (χ0) is 23.8. The largest absolute Gasteiger partial charge is 0.573 e. The van der Waals surface area contributed by atoms with Crippen LogP contribution >= 0.6 is 34.8 Å². The minimum Gasteiger partial charge on any atom is -0.477 e. The van der Waals surface area contributed by atoms with Gasteiger partial charge in [-0.25, -0.2) is 4.79 Å². The second-order valence-electron chi connectivity index (χ2n) is 6.51. The summed E-state index contributed by atoms with van der Waals surface area (Å²) in [5.41, 5.74) is -1.46. The van der Waals surface area contributed by atoms with Crippen molar-refractivity contribution in [2.24, 2.45) is 0 Å². The number of aryl methyl sites for hydroxylation is 1. The molecule has 0 aliphatic heterocycles.